The third-order valence-electron chi connectivity index (χ3n) is 4.43. The summed E-state index contributed by atoms with van der Waals surface area (Å²) in [5.74, 6) is 2.02. The van der Waals surface area contributed by atoms with Gasteiger partial charge in [-0.15, -0.1) is 10.2 Å². The number of ether oxygens (including phenoxy) is 4. The fourth-order valence-corrected chi connectivity index (χ4v) is 2.97. The lowest BCUT2D eigenvalue weighted by Gasteiger charge is -2.32. The van der Waals surface area contributed by atoms with Crippen LogP contribution in [0.15, 0.2) is 30.3 Å². The van der Waals surface area contributed by atoms with Gasteiger partial charge in [0, 0.05) is 24.7 Å². The van der Waals surface area contributed by atoms with Crippen LogP contribution in [-0.4, -0.2) is 61.7 Å². The van der Waals surface area contributed by atoms with E-state index in [0.717, 1.165) is 12.8 Å². The number of amides is 2. The van der Waals surface area contributed by atoms with Crippen molar-refractivity contribution < 1.29 is 23.7 Å². The van der Waals surface area contributed by atoms with E-state index in [1.807, 2.05) is 0 Å². The first kappa shape index (κ1) is 19.5. The zero-order valence-electron chi connectivity index (χ0n) is 16.2. The van der Waals surface area contributed by atoms with Crippen LogP contribution in [0, 0.1) is 0 Å². The molecule has 1 aliphatic heterocycles. The van der Waals surface area contributed by atoms with E-state index >= 15 is 0 Å². The molecule has 1 aromatic carbocycles. The summed E-state index contributed by atoms with van der Waals surface area (Å²) in [4.78, 5) is 14.4. The Bertz CT molecular complexity index is 799. The average Bonchev–Trinajstić information content (AvgIpc) is 2.74. The first-order valence-corrected chi connectivity index (χ1v) is 8.95. The van der Waals surface area contributed by atoms with Crippen LogP contribution >= 0.6 is 0 Å². The molecular formula is C19H24N4O5. The highest BCUT2D eigenvalue weighted by Gasteiger charge is 2.26. The molecule has 0 radical (unpaired) electrons. The number of rotatable bonds is 6. The van der Waals surface area contributed by atoms with E-state index in [1.54, 1.807) is 49.5 Å². The van der Waals surface area contributed by atoms with Gasteiger partial charge in [-0.1, -0.05) is 0 Å². The Hall–Kier alpha value is -3.23. The molecule has 2 heterocycles. The standard InChI is InChI=1S/C19H24N4O5/c1-25-13-6-7-15(16(11-13)26-2)20-19(24)23-10-4-5-14(12-23)28-18-9-8-17(27-3)21-22-18/h6-9,11,14H,4-5,10,12H2,1-3H3,(H,20,24). The fourth-order valence-electron chi connectivity index (χ4n) is 2.97. The van der Waals surface area contributed by atoms with E-state index in [1.165, 1.54) is 7.11 Å². The number of methoxy groups -OCH3 is 3. The maximum Gasteiger partial charge on any atom is 0.322 e. The summed E-state index contributed by atoms with van der Waals surface area (Å²) in [6, 6.07) is 8.42. The molecule has 0 saturated carbocycles. The Balaban J connectivity index is 1.61. The molecule has 1 aliphatic rings. The van der Waals surface area contributed by atoms with Gasteiger partial charge in [-0.3, -0.25) is 0 Å². The maximum atomic E-state index is 12.7. The minimum absolute atomic E-state index is 0.153. The van der Waals surface area contributed by atoms with Crippen molar-refractivity contribution in [2.45, 2.75) is 18.9 Å². The zero-order valence-corrected chi connectivity index (χ0v) is 16.2. The van der Waals surface area contributed by atoms with Gasteiger partial charge in [-0.05, 0) is 25.0 Å². The molecule has 3 rings (SSSR count). The second-order valence-corrected chi connectivity index (χ2v) is 6.24. The molecule has 9 nitrogen and oxygen atoms in total. The van der Waals surface area contributed by atoms with Crippen LogP contribution in [0.25, 0.3) is 0 Å². The highest BCUT2D eigenvalue weighted by molar-refractivity contribution is 5.91. The van der Waals surface area contributed by atoms with Crippen LogP contribution in [0.1, 0.15) is 12.8 Å². The van der Waals surface area contributed by atoms with Gasteiger partial charge in [0.1, 0.15) is 17.6 Å². The van der Waals surface area contributed by atoms with Gasteiger partial charge >= 0.3 is 6.03 Å². The molecule has 1 aromatic heterocycles. The van der Waals surface area contributed by atoms with Gasteiger partial charge in [0.15, 0.2) is 0 Å². The number of carbonyl (C=O) groups excluding carboxylic acids is 1. The van der Waals surface area contributed by atoms with E-state index in [0.29, 0.717) is 42.0 Å². The van der Waals surface area contributed by atoms with Crippen molar-refractivity contribution in [2.75, 3.05) is 39.7 Å². The molecule has 2 amide bonds. The van der Waals surface area contributed by atoms with E-state index < -0.39 is 0 Å². The maximum absolute atomic E-state index is 12.7. The van der Waals surface area contributed by atoms with Crippen molar-refractivity contribution in [3.05, 3.63) is 30.3 Å². The first-order chi connectivity index (χ1) is 13.6. The molecule has 2 aromatic rings. The number of likely N-dealkylation sites (tertiary alicyclic amines) is 1. The molecule has 1 atom stereocenters. The van der Waals surface area contributed by atoms with Crippen LogP contribution in [0.2, 0.25) is 0 Å². The number of nitrogens with one attached hydrogen (secondary N) is 1. The molecule has 150 valence electrons. The molecule has 0 bridgehead atoms. The summed E-state index contributed by atoms with van der Waals surface area (Å²) in [5, 5.41) is 10.8. The Morgan fingerprint density at radius 1 is 1.07 bits per heavy atom. The minimum Gasteiger partial charge on any atom is -0.497 e. The topological polar surface area (TPSA) is 95.0 Å². The molecule has 1 N–H and O–H groups in total. The number of hydrogen-bond donors (Lipinski definition) is 1. The van der Waals surface area contributed by atoms with E-state index in [2.05, 4.69) is 15.5 Å². The number of urea groups is 1. The van der Waals surface area contributed by atoms with Gasteiger partial charge in [-0.2, -0.15) is 0 Å². The summed E-state index contributed by atoms with van der Waals surface area (Å²) in [5.41, 5.74) is 0.581. The Morgan fingerprint density at radius 3 is 2.54 bits per heavy atom. The second-order valence-electron chi connectivity index (χ2n) is 6.24. The van der Waals surface area contributed by atoms with Crippen molar-refractivity contribution in [2.24, 2.45) is 0 Å². The summed E-state index contributed by atoms with van der Waals surface area (Å²) in [6.45, 7) is 1.11. The molecule has 1 fully saturated rings. The van der Waals surface area contributed by atoms with E-state index in [4.69, 9.17) is 18.9 Å². The highest BCUT2D eigenvalue weighted by Crippen LogP contribution is 2.29. The predicted octanol–water partition coefficient (Wildman–Crippen LogP) is 2.58. The number of carbonyl (C=O) groups is 1. The largest absolute Gasteiger partial charge is 0.497 e. The van der Waals surface area contributed by atoms with Crippen LogP contribution in [0.4, 0.5) is 10.5 Å². The summed E-state index contributed by atoms with van der Waals surface area (Å²) >= 11 is 0. The van der Waals surface area contributed by atoms with Gasteiger partial charge in [0.05, 0.1) is 33.6 Å². The molecule has 0 spiro atoms. The normalized spacial score (nSPS) is 16.2. The third-order valence-corrected chi connectivity index (χ3v) is 4.43. The van der Waals surface area contributed by atoms with Crippen LogP contribution in [-0.2, 0) is 0 Å². The molecular weight excluding hydrogens is 364 g/mol. The summed E-state index contributed by atoms with van der Waals surface area (Å²) < 4.78 is 21.4. The van der Waals surface area contributed by atoms with Gasteiger partial charge < -0.3 is 29.2 Å². The monoisotopic (exact) mass is 388 g/mol. The first-order valence-electron chi connectivity index (χ1n) is 8.95. The highest BCUT2D eigenvalue weighted by atomic mass is 16.5. The van der Waals surface area contributed by atoms with E-state index in [9.17, 15) is 4.79 Å². The number of nitrogens with zero attached hydrogens (tertiary/aromatic N) is 3. The smallest absolute Gasteiger partial charge is 0.322 e. The van der Waals surface area contributed by atoms with Crippen LogP contribution in [0.5, 0.6) is 23.3 Å². The molecule has 1 saturated heterocycles. The molecule has 9 heteroatoms. The van der Waals surface area contributed by atoms with Crippen LogP contribution in [0.3, 0.4) is 0 Å². The van der Waals surface area contributed by atoms with Crippen LogP contribution < -0.4 is 24.3 Å². The quantitative estimate of drug-likeness (QED) is 0.813. The number of benzene rings is 1. The Morgan fingerprint density at radius 2 is 1.86 bits per heavy atom. The average molecular weight is 388 g/mol. The molecule has 28 heavy (non-hydrogen) atoms. The Labute approximate surface area is 163 Å². The van der Waals surface area contributed by atoms with Crippen molar-refractivity contribution in [3.63, 3.8) is 0 Å². The lowest BCUT2D eigenvalue weighted by atomic mass is 10.1. The SMILES string of the molecule is COc1ccc(NC(=O)N2CCCC(Oc3ccc(OC)nn3)C2)c(OC)c1. The predicted molar refractivity (Wildman–Crippen MR) is 102 cm³/mol. The van der Waals surface area contributed by atoms with Crippen molar-refractivity contribution in [1.29, 1.82) is 0 Å². The van der Waals surface area contributed by atoms with Gasteiger partial charge in [0.25, 0.3) is 0 Å². The van der Waals surface area contributed by atoms with Gasteiger partial charge in [0.2, 0.25) is 11.8 Å². The number of anilines is 1. The Kier molecular flexibility index (Phi) is 6.36. The van der Waals surface area contributed by atoms with Crippen molar-refractivity contribution >= 4 is 11.7 Å². The van der Waals surface area contributed by atoms with Gasteiger partial charge in [-0.25, -0.2) is 4.79 Å². The fraction of sp³-hybridized carbons (Fsp3) is 0.421. The minimum atomic E-state index is -0.211. The lowest BCUT2D eigenvalue weighted by Crippen LogP contribution is -2.46. The summed E-state index contributed by atoms with van der Waals surface area (Å²) in [7, 11) is 4.65. The third kappa shape index (κ3) is 4.73. The summed E-state index contributed by atoms with van der Waals surface area (Å²) in [6.07, 6.45) is 1.52. The number of hydrogen-bond acceptors (Lipinski definition) is 7. The van der Waals surface area contributed by atoms with Crippen molar-refractivity contribution in [3.8, 4) is 23.3 Å². The number of aromatic nitrogens is 2. The zero-order chi connectivity index (χ0) is 19.9. The lowest BCUT2D eigenvalue weighted by molar-refractivity contribution is 0.101. The number of piperidine rings is 1. The van der Waals surface area contributed by atoms with E-state index in [-0.39, 0.29) is 12.1 Å². The second kappa shape index (κ2) is 9.12. The molecule has 1 unspecified atom stereocenters. The molecule has 0 aliphatic carbocycles. The van der Waals surface area contributed by atoms with Crippen molar-refractivity contribution in [1.82, 2.24) is 15.1 Å².